The van der Waals surface area contributed by atoms with E-state index in [1.807, 2.05) is 49.4 Å². The first kappa shape index (κ1) is 18.4. The number of thiazole rings is 1. The fourth-order valence-corrected chi connectivity index (χ4v) is 3.72. The Morgan fingerprint density at radius 3 is 2.54 bits per heavy atom. The van der Waals surface area contributed by atoms with Gasteiger partial charge in [0.15, 0.2) is 5.13 Å². The second-order valence-electron chi connectivity index (χ2n) is 5.84. The quantitative estimate of drug-likeness (QED) is 0.602. The van der Waals surface area contributed by atoms with Gasteiger partial charge in [-0.2, -0.15) is 0 Å². The predicted molar refractivity (Wildman–Crippen MR) is 109 cm³/mol. The van der Waals surface area contributed by atoms with Crippen molar-refractivity contribution in [2.45, 2.75) is 26.8 Å². The summed E-state index contributed by atoms with van der Waals surface area (Å²) in [7, 11) is 0. The van der Waals surface area contributed by atoms with E-state index in [-0.39, 0.29) is 5.91 Å². The van der Waals surface area contributed by atoms with E-state index in [4.69, 9.17) is 11.6 Å². The summed E-state index contributed by atoms with van der Waals surface area (Å²) in [5, 5.41) is 7.60. The van der Waals surface area contributed by atoms with Crippen molar-refractivity contribution in [3.05, 3.63) is 75.3 Å². The van der Waals surface area contributed by atoms with E-state index in [2.05, 4.69) is 28.6 Å². The molecule has 3 rings (SSSR count). The molecule has 6 heteroatoms. The van der Waals surface area contributed by atoms with Crippen LogP contribution in [0.15, 0.2) is 48.5 Å². The normalized spacial score (nSPS) is 10.6. The molecule has 0 aliphatic heterocycles. The molecule has 0 fully saturated rings. The predicted octanol–water partition coefficient (Wildman–Crippen LogP) is 5.34. The van der Waals surface area contributed by atoms with Crippen LogP contribution >= 0.6 is 22.9 Å². The highest BCUT2D eigenvalue weighted by Crippen LogP contribution is 2.27. The van der Waals surface area contributed by atoms with Crippen LogP contribution < -0.4 is 10.6 Å². The zero-order chi connectivity index (χ0) is 18.5. The van der Waals surface area contributed by atoms with E-state index >= 15 is 0 Å². The van der Waals surface area contributed by atoms with Gasteiger partial charge in [0.25, 0.3) is 5.91 Å². The molecule has 1 aromatic heterocycles. The van der Waals surface area contributed by atoms with Gasteiger partial charge in [-0.3, -0.25) is 4.79 Å². The molecular formula is C20H20ClN3OS. The average Bonchev–Trinajstić information content (AvgIpc) is 3.01. The van der Waals surface area contributed by atoms with Gasteiger partial charge in [0.2, 0.25) is 0 Å². The smallest absolute Gasteiger partial charge is 0.263 e. The summed E-state index contributed by atoms with van der Waals surface area (Å²) in [5.41, 5.74) is 3.83. The topological polar surface area (TPSA) is 54.0 Å². The van der Waals surface area contributed by atoms with Crippen molar-refractivity contribution in [1.29, 1.82) is 0 Å². The number of hydrogen-bond donors (Lipinski definition) is 2. The lowest BCUT2D eigenvalue weighted by Gasteiger charge is -2.07. The Kier molecular flexibility index (Phi) is 5.91. The number of carbonyl (C=O) groups is 1. The number of amides is 1. The molecule has 0 saturated heterocycles. The minimum Gasteiger partial charge on any atom is -0.347 e. The Morgan fingerprint density at radius 2 is 1.81 bits per heavy atom. The van der Waals surface area contributed by atoms with Crippen LogP contribution in [0.2, 0.25) is 5.02 Å². The summed E-state index contributed by atoms with van der Waals surface area (Å²) in [6, 6.07) is 15.6. The van der Waals surface area contributed by atoms with Crippen molar-refractivity contribution in [1.82, 2.24) is 10.3 Å². The summed E-state index contributed by atoms with van der Waals surface area (Å²) in [6.07, 6.45) is 0.929. The third-order valence-electron chi connectivity index (χ3n) is 4.04. The Balaban J connectivity index is 1.71. The third-order valence-corrected chi connectivity index (χ3v) is 5.48. The number of aryl methyl sites for hydroxylation is 2. The Labute approximate surface area is 162 Å². The molecule has 4 nitrogen and oxygen atoms in total. The van der Waals surface area contributed by atoms with Crippen LogP contribution in [0.1, 0.15) is 33.4 Å². The molecule has 0 saturated carbocycles. The first-order valence-electron chi connectivity index (χ1n) is 8.42. The summed E-state index contributed by atoms with van der Waals surface area (Å²) in [6.45, 7) is 4.34. The van der Waals surface area contributed by atoms with E-state index in [9.17, 15) is 4.79 Å². The number of para-hydroxylation sites is 1. The van der Waals surface area contributed by atoms with Gasteiger partial charge >= 0.3 is 0 Å². The largest absolute Gasteiger partial charge is 0.347 e. The molecule has 1 amide bonds. The van der Waals surface area contributed by atoms with Crippen molar-refractivity contribution in [2.24, 2.45) is 0 Å². The molecule has 1 heterocycles. The first-order chi connectivity index (χ1) is 12.6. The second-order valence-corrected chi connectivity index (χ2v) is 7.25. The van der Waals surface area contributed by atoms with Gasteiger partial charge in [-0.25, -0.2) is 4.98 Å². The number of nitrogens with one attached hydrogen (secondary N) is 2. The number of rotatable bonds is 6. The van der Waals surface area contributed by atoms with Crippen LogP contribution in [0.5, 0.6) is 0 Å². The molecular weight excluding hydrogens is 366 g/mol. The van der Waals surface area contributed by atoms with Crippen molar-refractivity contribution in [3.8, 4) is 0 Å². The van der Waals surface area contributed by atoms with Crippen molar-refractivity contribution in [3.63, 3.8) is 0 Å². The Bertz CT molecular complexity index is 923. The number of hydrogen-bond acceptors (Lipinski definition) is 4. The van der Waals surface area contributed by atoms with Crippen LogP contribution in [0, 0.1) is 6.92 Å². The van der Waals surface area contributed by atoms with Gasteiger partial charge in [-0.05, 0) is 36.6 Å². The van der Waals surface area contributed by atoms with E-state index in [0.717, 1.165) is 17.7 Å². The molecule has 26 heavy (non-hydrogen) atoms. The number of anilines is 2. The molecule has 0 spiro atoms. The van der Waals surface area contributed by atoms with Gasteiger partial charge in [-0.15, -0.1) is 0 Å². The molecule has 0 unspecified atom stereocenters. The van der Waals surface area contributed by atoms with Crippen molar-refractivity contribution in [2.75, 3.05) is 5.32 Å². The van der Waals surface area contributed by atoms with E-state index in [1.165, 1.54) is 16.9 Å². The van der Waals surface area contributed by atoms with E-state index in [1.54, 1.807) is 0 Å². The monoisotopic (exact) mass is 385 g/mol. The molecule has 3 aromatic rings. The number of aromatic nitrogens is 1. The Hall–Kier alpha value is -2.37. The summed E-state index contributed by atoms with van der Waals surface area (Å²) >= 11 is 7.49. The maximum atomic E-state index is 12.5. The second kappa shape index (κ2) is 8.34. The lowest BCUT2D eigenvalue weighted by Crippen LogP contribution is -2.22. The van der Waals surface area contributed by atoms with Crippen LogP contribution in [-0.4, -0.2) is 10.9 Å². The SMILES string of the molecule is CCc1ccccc1Nc1nc(C)c(C(=O)NCc2ccccc2Cl)s1. The average molecular weight is 386 g/mol. The standard InChI is InChI=1S/C20H20ClN3OS/c1-3-14-8-5-7-11-17(14)24-20-23-13(2)18(26-20)19(25)22-12-15-9-4-6-10-16(15)21/h4-11H,3,12H2,1-2H3,(H,22,25)(H,23,24). The zero-order valence-electron chi connectivity index (χ0n) is 14.7. The third kappa shape index (κ3) is 4.23. The van der Waals surface area contributed by atoms with Crippen molar-refractivity contribution < 1.29 is 4.79 Å². The fourth-order valence-electron chi connectivity index (χ4n) is 2.62. The highest BCUT2D eigenvalue weighted by atomic mass is 35.5. The van der Waals surface area contributed by atoms with Gasteiger partial charge in [-0.1, -0.05) is 66.3 Å². The minimum atomic E-state index is -0.142. The van der Waals surface area contributed by atoms with Crippen LogP contribution in [-0.2, 0) is 13.0 Å². The van der Waals surface area contributed by atoms with E-state index < -0.39 is 0 Å². The zero-order valence-corrected chi connectivity index (χ0v) is 16.2. The number of benzene rings is 2. The number of halogens is 1. The highest BCUT2D eigenvalue weighted by Gasteiger charge is 2.16. The Morgan fingerprint density at radius 1 is 1.12 bits per heavy atom. The molecule has 0 aliphatic carbocycles. The molecule has 2 aromatic carbocycles. The minimum absolute atomic E-state index is 0.142. The van der Waals surface area contributed by atoms with Crippen molar-refractivity contribution >= 4 is 39.7 Å². The molecule has 0 aliphatic rings. The van der Waals surface area contributed by atoms with Crippen LogP contribution in [0.3, 0.4) is 0 Å². The lowest BCUT2D eigenvalue weighted by molar-refractivity contribution is 0.0954. The van der Waals surface area contributed by atoms with Crippen LogP contribution in [0.25, 0.3) is 0 Å². The molecule has 2 N–H and O–H groups in total. The first-order valence-corrected chi connectivity index (χ1v) is 9.62. The number of carbonyl (C=O) groups excluding carboxylic acids is 1. The summed E-state index contributed by atoms with van der Waals surface area (Å²) < 4.78 is 0. The molecule has 134 valence electrons. The summed E-state index contributed by atoms with van der Waals surface area (Å²) in [5.74, 6) is -0.142. The van der Waals surface area contributed by atoms with Gasteiger partial charge in [0, 0.05) is 17.3 Å². The molecule has 0 atom stereocenters. The maximum absolute atomic E-state index is 12.5. The van der Waals surface area contributed by atoms with E-state index in [0.29, 0.717) is 27.3 Å². The lowest BCUT2D eigenvalue weighted by atomic mass is 10.1. The summed E-state index contributed by atoms with van der Waals surface area (Å²) in [4.78, 5) is 17.6. The molecule has 0 bridgehead atoms. The highest BCUT2D eigenvalue weighted by molar-refractivity contribution is 7.17. The van der Waals surface area contributed by atoms with Gasteiger partial charge < -0.3 is 10.6 Å². The van der Waals surface area contributed by atoms with Crippen LogP contribution in [0.4, 0.5) is 10.8 Å². The molecule has 0 radical (unpaired) electrons. The van der Waals surface area contributed by atoms with Gasteiger partial charge in [0.05, 0.1) is 5.69 Å². The maximum Gasteiger partial charge on any atom is 0.263 e. The number of nitrogens with zero attached hydrogens (tertiary/aromatic N) is 1. The fraction of sp³-hybridized carbons (Fsp3) is 0.200. The van der Waals surface area contributed by atoms with Gasteiger partial charge in [0.1, 0.15) is 4.88 Å².